The standard InChI is InChI=1S/C14H22N4OS/c1-14(2,3)16-8-11-10(9-19-5)17-13(20-11)12-15-6-7-18(12)4/h6-7,16H,8-9H2,1-5H3. The van der Waals surface area contributed by atoms with E-state index >= 15 is 0 Å². The van der Waals surface area contributed by atoms with Crippen molar-refractivity contribution in [3.8, 4) is 10.8 Å². The van der Waals surface area contributed by atoms with Gasteiger partial charge >= 0.3 is 0 Å². The second-order valence-electron chi connectivity index (χ2n) is 5.79. The van der Waals surface area contributed by atoms with Gasteiger partial charge in [0.2, 0.25) is 0 Å². The zero-order valence-corrected chi connectivity index (χ0v) is 13.5. The van der Waals surface area contributed by atoms with Gasteiger partial charge in [-0.05, 0) is 20.8 Å². The van der Waals surface area contributed by atoms with E-state index in [1.165, 1.54) is 4.88 Å². The first-order valence-electron chi connectivity index (χ1n) is 6.61. The molecule has 2 rings (SSSR count). The van der Waals surface area contributed by atoms with Crippen LogP contribution in [0.3, 0.4) is 0 Å². The Balaban J connectivity index is 2.26. The Morgan fingerprint density at radius 2 is 2.15 bits per heavy atom. The molecule has 0 spiro atoms. The summed E-state index contributed by atoms with van der Waals surface area (Å²) < 4.78 is 7.23. The predicted molar refractivity (Wildman–Crippen MR) is 81.6 cm³/mol. The molecule has 0 aliphatic rings. The molecule has 110 valence electrons. The highest BCUT2D eigenvalue weighted by Gasteiger charge is 2.17. The first kappa shape index (κ1) is 15.2. The molecule has 0 unspecified atom stereocenters. The summed E-state index contributed by atoms with van der Waals surface area (Å²) in [4.78, 5) is 10.2. The fraction of sp³-hybridized carbons (Fsp3) is 0.571. The quantitative estimate of drug-likeness (QED) is 0.921. The number of aromatic nitrogens is 3. The maximum Gasteiger partial charge on any atom is 0.168 e. The van der Waals surface area contributed by atoms with E-state index < -0.39 is 0 Å². The lowest BCUT2D eigenvalue weighted by molar-refractivity contribution is 0.181. The predicted octanol–water partition coefficient (Wildman–Crippen LogP) is 2.58. The number of hydrogen-bond donors (Lipinski definition) is 1. The van der Waals surface area contributed by atoms with E-state index in [9.17, 15) is 0 Å². The molecule has 0 amide bonds. The van der Waals surface area contributed by atoms with Crippen molar-refractivity contribution in [2.75, 3.05) is 7.11 Å². The van der Waals surface area contributed by atoms with Crippen LogP contribution in [0.15, 0.2) is 12.4 Å². The summed E-state index contributed by atoms with van der Waals surface area (Å²) in [6, 6.07) is 0. The average Bonchev–Trinajstić information content (AvgIpc) is 2.92. The van der Waals surface area contributed by atoms with E-state index in [0.717, 1.165) is 23.1 Å². The Morgan fingerprint density at radius 1 is 1.40 bits per heavy atom. The van der Waals surface area contributed by atoms with E-state index in [2.05, 4.69) is 36.1 Å². The van der Waals surface area contributed by atoms with Gasteiger partial charge in [0.15, 0.2) is 10.8 Å². The van der Waals surface area contributed by atoms with Gasteiger partial charge in [-0.25, -0.2) is 9.97 Å². The van der Waals surface area contributed by atoms with Gasteiger partial charge in [0.25, 0.3) is 0 Å². The number of nitrogens with zero attached hydrogens (tertiary/aromatic N) is 3. The molecule has 0 saturated carbocycles. The molecule has 2 heterocycles. The summed E-state index contributed by atoms with van der Waals surface area (Å²) in [5.41, 5.74) is 1.07. The molecule has 20 heavy (non-hydrogen) atoms. The Labute approximate surface area is 124 Å². The van der Waals surface area contributed by atoms with Crippen molar-refractivity contribution in [2.24, 2.45) is 7.05 Å². The van der Waals surface area contributed by atoms with Crippen molar-refractivity contribution < 1.29 is 4.74 Å². The van der Waals surface area contributed by atoms with Gasteiger partial charge in [0.05, 0.1) is 12.3 Å². The van der Waals surface area contributed by atoms with Gasteiger partial charge in [-0.15, -0.1) is 11.3 Å². The SMILES string of the molecule is COCc1nc(-c2nccn2C)sc1CNC(C)(C)C. The van der Waals surface area contributed by atoms with Gasteiger partial charge in [0, 0.05) is 43.5 Å². The van der Waals surface area contributed by atoms with Crippen molar-refractivity contribution >= 4 is 11.3 Å². The van der Waals surface area contributed by atoms with Crippen LogP contribution in [0.5, 0.6) is 0 Å². The molecule has 0 radical (unpaired) electrons. The molecule has 0 atom stereocenters. The van der Waals surface area contributed by atoms with E-state index in [1.807, 2.05) is 17.8 Å². The van der Waals surface area contributed by atoms with E-state index in [-0.39, 0.29) is 5.54 Å². The maximum atomic E-state index is 5.25. The van der Waals surface area contributed by atoms with E-state index in [4.69, 9.17) is 4.74 Å². The Bertz CT molecular complexity index is 568. The normalized spacial score (nSPS) is 12.1. The monoisotopic (exact) mass is 294 g/mol. The van der Waals surface area contributed by atoms with Crippen LogP contribution in [0.4, 0.5) is 0 Å². The number of imidazole rings is 1. The van der Waals surface area contributed by atoms with Crippen LogP contribution in [-0.2, 0) is 24.9 Å². The van der Waals surface area contributed by atoms with Gasteiger partial charge in [-0.3, -0.25) is 0 Å². The molecule has 0 bridgehead atoms. The molecule has 2 aromatic heterocycles. The zero-order valence-electron chi connectivity index (χ0n) is 12.7. The third-order valence-corrected chi connectivity index (χ3v) is 3.94. The minimum absolute atomic E-state index is 0.0811. The topological polar surface area (TPSA) is 52.0 Å². The van der Waals surface area contributed by atoms with Gasteiger partial charge in [-0.1, -0.05) is 0 Å². The molecule has 5 nitrogen and oxygen atoms in total. The second kappa shape index (κ2) is 6.03. The first-order valence-corrected chi connectivity index (χ1v) is 7.42. The summed E-state index contributed by atoms with van der Waals surface area (Å²) in [5, 5.41) is 4.44. The average molecular weight is 294 g/mol. The number of thiazole rings is 1. The number of rotatable bonds is 5. The number of methoxy groups -OCH3 is 1. The highest BCUT2D eigenvalue weighted by molar-refractivity contribution is 7.15. The van der Waals surface area contributed by atoms with Crippen molar-refractivity contribution in [3.63, 3.8) is 0 Å². The van der Waals surface area contributed by atoms with Gasteiger partial charge < -0.3 is 14.6 Å². The van der Waals surface area contributed by atoms with E-state index in [1.54, 1.807) is 24.6 Å². The molecule has 1 N–H and O–H groups in total. The summed E-state index contributed by atoms with van der Waals surface area (Å²) >= 11 is 1.68. The smallest absolute Gasteiger partial charge is 0.168 e. The summed E-state index contributed by atoms with van der Waals surface area (Å²) in [7, 11) is 3.67. The lowest BCUT2D eigenvalue weighted by Crippen LogP contribution is -2.35. The second-order valence-corrected chi connectivity index (χ2v) is 6.87. The lowest BCUT2D eigenvalue weighted by Gasteiger charge is -2.20. The Morgan fingerprint density at radius 3 is 2.70 bits per heavy atom. The largest absolute Gasteiger partial charge is 0.378 e. The van der Waals surface area contributed by atoms with E-state index in [0.29, 0.717) is 6.61 Å². The first-order chi connectivity index (χ1) is 9.40. The van der Waals surface area contributed by atoms with Gasteiger partial charge in [0.1, 0.15) is 0 Å². The Kier molecular flexibility index (Phi) is 4.57. The fourth-order valence-electron chi connectivity index (χ4n) is 1.78. The highest BCUT2D eigenvalue weighted by atomic mass is 32.1. The third kappa shape index (κ3) is 3.65. The van der Waals surface area contributed by atoms with Crippen LogP contribution >= 0.6 is 11.3 Å². The van der Waals surface area contributed by atoms with Crippen LogP contribution in [0.1, 0.15) is 31.3 Å². The molecular weight excluding hydrogens is 272 g/mol. The van der Waals surface area contributed by atoms with Crippen molar-refractivity contribution in [3.05, 3.63) is 23.0 Å². The summed E-state index contributed by atoms with van der Waals surface area (Å²) in [6.07, 6.45) is 3.72. The minimum atomic E-state index is 0.0811. The number of aryl methyl sites for hydroxylation is 1. The molecular formula is C14H22N4OS. The van der Waals surface area contributed by atoms with Crippen LogP contribution < -0.4 is 5.32 Å². The highest BCUT2D eigenvalue weighted by Crippen LogP contribution is 2.27. The summed E-state index contributed by atoms with van der Waals surface area (Å²) in [6.45, 7) is 7.80. The maximum absolute atomic E-state index is 5.25. The van der Waals surface area contributed by atoms with Crippen LogP contribution in [0.2, 0.25) is 0 Å². The molecule has 6 heteroatoms. The molecule has 2 aromatic rings. The van der Waals surface area contributed by atoms with Crippen LogP contribution in [-0.4, -0.2) is 27.2 Å². The summed E-state index contributed by atoms with van der Waals surface area (Å²) in [5.74, 6) is 0.898. The minimum Gasteiger partial charge on any atom is -0.378 e. The molecule has 0 fully saturated rings. The molecule has 0 aliphatic heterocycles. The van der Waals surface area contributed by atoms with Crippen LogP contribution in [0, 0.1) is 0 Å². The van der Waals surface area contributed by atoms with Crippen molar-refractivity contribution in [1.29, 1.82) is 0 Å². The third-order valence-electron chi connectivity index (χ3n) is 2.85. The van der Waals surface area contributed by atoms with Crippen molar-refractivity contribution in [1.82, 2.24) is 19.9 Å². The zero-order chi connectivity index (χ0) is 14.8. The number of nitrogens with one attached hydrogen (secondary N) is 1. The Hall–Kier alpha value is -1.24. The molecule has 0 aliphatic carbocycles. The fourth-order valence-corrected chi connectivity index (χ4v) is 2.83. The number of hydrogen-bond acceptors (Lipinski definition) is 5. The van der Waals surface area contributed by atoms with Crippen molar-refractivity contribution in [2.45, 2.75) is 39.5 Å². The number of ether oxygens (including phenoxy) is 1. The molecule has 0 aromatic carbocycles. The van der Waals surface area contributed by atoms with Gasteiger partial charge in [-0.2, -0.15) is 0 Å². The lowest BCUT2D eigenvalue weighted by atomic mass is 10.1. The van der Waals surface area contributed by atoms with Crippen LogP contribution in [0.25, 0.3) is 10.8 Å². The molecule has 0 saturated heterocycles.